The molecule has 188 valence electrons. The molecule has 0 aromatic heterocycles. The summed E-state index contributed by atoms with van der Waals surface area (Å²) in [7, 11) is 0. The lowest BCUT2D eigenvalue weighted by Gasteiger charge is -2.26. The minimum Gasteiger partial charge on any atom is -0.454 e. The number of aryl methyl sites for hydroxylation is 2. The minimum absolute atomic E-state index is 0.151. The van der Waals surface area contributed by atoms with Crippen molar-refractivity contribution in [1.82, 2.24) is 4.90 Å². The fourth-order valence-electron chi connectivity index (χ4n) is 6.30. The molecule has 0 radical (unpaired) electrons. The molecule has 1 heterocycles. The molecule has 8 heteroatoms. The molecule has 0 spiro atoms. The first-order chi connectivity index (χ1) is 17.2. The number of hydrogen-bond donors (Lipinski definition) is 1. The number of likely N-dealkylation sites (tertiary alicyclic amines) is 1. The number of amides is 3. The third-order valence-electron chi connectivity index (χ3n) is 7.88. The number of carbonyl (C=O) groups is 4. The van der Waals surface area contributed by atoms with E-state index in [2.05, 4.69) is 21.2 Å². The van der Waals surface area contributed by atoms with Crippen LogP contribution in [-0.4, -0.2) is 41.2 Å². The van der Waals surface area contributed by atoms with E-state index in [-0.39, 0.29) is 41.9 Å². The monoisotopic (exact) mass is 552 g/mol. The Kier molecular flexibility index (Phi) is 6.72. The zero-order valence-corrected chi connectivity index (χ0v) is 21.9. The number of nitrogens with zero attached hydrogens (tertiary/aromatic N) is 1. The van der Waals surface area contributed by atoms with Crippen molar-refractivity contribution in [1.29, 1.82) is 0 Å². The molecule has 3 aliphatic rings. The molecule has 1 N–H and O–H groups in total. The van der Waals surface area contributed by atoms with E-state index in [4.69, 9.17) is 4.74 Å². The van der Waals surface area contributed by atoms with Gasteiger partial charge in [0.25, 0.3) is 5.91 Å². The maximum Gasteiger partial charge on any atom is 0.330 e. The zero-order chi connectivity index (χ0) is 25.6. The number of benzene rings is 2. The van der Waals surface area contributed by atoms with E-state index in [9.17, 15) is 19.2 Å². The smallest absolute Gasteiger partial charge is 0.330 e. The van der Waals surface area contributed by atoms with Crippen LogP contribution in [0.1, 0.15) is 36.0 Å². The van der Waals surface area contributed by atoms with Crippen molar-refractivity contribution in [3.63, 3.8) is 0 Å². The highest BCUT2D eigenvalue weighted by molar-refractivity contribution is 9.10. The first-order valence-corrected chi connectivity index (χ1v) is 13.2. The van der Waals surface area contributed by atoms with Crippen LogP contribution in [0, 0.1) is 37.5 Å². The average Bonchev–Trinajstić information content (AvgIpc) is 3.54. The van der Waals surface area contributed by atoms with E-state index < -0.39 is 24.5 Å². The number of imide groups is 1. The molecule has 2 aromatic rings. The van der Waals surface area contributed by atoms with E-state index in [1.54, 1.807) is 0 Å². The second kappa shape index (κ2) is 9.81. The Morgan fingerprint density at radius 1 is 1.03 bits per heavy atom. The lowest BCUT2D eigenvalue weighted by Crippen LogP contribution is -2.48. The number of hydrogen-bond acceptors (Lipinski definition) is 5. The van der Waals surface area contributed by atoms with E-state index >= 15 is 0 Å². The van der Waals surface area contributed by atoms with Crippen molar-refractivity contribution in [2.45, 2.75) is 45.6 Å². The second-order valence-corrected chi connectivity index (χ2v) is 11.0. The number of ether oxygens (including phenoxy) is 1. The van der Waals surface area contributed by atoms with Crippen LogP contribution in [0.2, 0.25) is 0 Å². The highest BCUT2D eigenvalue weighted by Crippen LogP contribution is 2.56. The fraction of sp³-hybridized carbons (Fsp3) is 0.429. The maximum atomic E-state index is 13.4. The van der Waals surface area contributed by atoms with Crippen molar-refractivity contribution in [2.24, 2.45) is 23.7 Å². The third kappa shape index (κ3) is 4.47. The number of carbonyl (C=O) groups excluding carboxylic acids is 4. The number of halogens is 1. The number of nitrogens with one attached hydrogen (secondary N) is 1. The van der Waals surface area contributed by atoms with Crippen LogP contribution in [0.4, 0.5) is 5.69 Å². The predicted octanol–water partition coefficient (Wildman–Crippen LogP) is 4.19. The van der Waals surface area contributed by atoms with Gasteiger partial charge in [-0.1, -0.05) is 46.3 Å². The van der Waals surface area contributed by atoms with Gasteiger partial charge in [-0.05, 0) is 73.8 Å². The summed E-state index contributed by atoms with van der Waals surface area (Å²) < 4.78 is 6.36. The number of anilines is 1. The molecule has 2 bridgehead atoms. The Hall–Kier alpha value is -3.00. The summed E-state index contributed by atoms with van der Waals surface area (Å²) in [5, 5.41) is 2.75. The normalized spacial score (nSPS) is 25.1. The second-order valence-electron chi connectivity index (χ2n) is 10.2. The Balaban J connectivity index is 1.31. The van der Waals surface area contributed by atoms with Crippen LogP contribution < -0.4 is 5.32 Å². The SMILES string of the molecule is Cc1cc(NC(=O)COC(=O)[C@H](Cc2ccccc2)N2C(=O)[C@@H]3[C@H]4CC[C@@H](C4)[C@H]3C2=O)cc(C)c1Br. The molecule has 3 fully saturated rings. The lowest BCUT2D eigenvalue weighted by atomic mass is 9.81. The quantitative estimate of drug-likeness (QED) is 0.410. The molecule has 7 nitrogen and oxygen atoms in total. The van der Waals surface area contributed by atoms with Crippen molar-refractivity contribution in [2.75, 3.05) is 11.9 Å². The maximum absolute atomic E-state index is 13.4. The summed E-state index contributed by atoms with van der Waals surface area (Å²) in [5.41, 5.74) is 3.35. The highest BCUT2D eigenvalue weighted by atomic mass is 79.9. The van der Waals surface area contributed by atoms with Crippen LogP contribution in [0.25, 0.3) is 0 Å². The molecule has 2 saturated carbocycles. The van der Waals surface area contributed by atoms with Crippen LogP contribution >= 0.6 is 15.9 Å². The summed E-state index contributed by atoms with van der Waals surface area (Å²) >= 11 is 3.50. The first-order valence-electron chi connectivity index (χ1n) is 12.4. The van der Waals surface area contributed by atoms with Gasteiger partial charge in [0.05, 0.1) is 11.8 Å². The molecule has 1 aliphatic heterocycles. The fourth-order valence-corrected chi connectivity index (χ4v) is 6.53. The van der Waals surface area contributed by atoms with Gasteiger partial charge in [0, 0.05) is 16.6 Å². The summed E-state index contributed by atoms with van der Waals surface area (Å²) in [6.07, 6.45) is 2.99. The molecule has 1 saturated heterocycles. The average molecular weight is 553 g/mol. The highest BCUT2D eigenvalue weighted by Gasteiger charge is 2.62. The molecule has 5 atom stereocenters. The van der Waals surface area contributed by atoms with Crippen molar-refractivity contribution in [3.05, 3.63) is 63.6 Å². The molecular weight excluding hydrogens is 524 g/mol. The molecule has 3 amide bonds. The van der Waals surface area contributed by atoms with E-state index in [0.717, 1.165) is 45.3 Å². The minimum atomic E-state index is -1.10. The molecule has 5 rings (SSSR count). The number of rotatable bonds is 7. The van der Waals surface area contributed by atoms with E-state index in [1.165, 1.54) is 0 Å². The van der Waals surface area contributed by atoms with Crippen molar-refractivity contribution >= 4 is 45.3 Å². The van der Waals surface area contributed by atoms with Crippen molar-refractivity contribution in [3.8, 4) is 0 Å². The van der Waals surface area contributed by atoms with Gasteiger partial charge >= 0.3 is 5.97 Å². The van der Waals surface area contributed by atoms with Crippen LogP contribution in [0.5, 0.6) is 0 Å². The Labute approximate surface area is 218 Å². The van der Waals surface area contributed by atoms with Gasteiger partial charge in [0.15, 0.2) is 6.61 Å². The number of fused-ring (bicyclic) bond motifs is 5. The molecule has 2 aromatic carbocycles. The van der Waals surface area contributed by atoms with Gasteiger partial charge in [-0.25, -0.2) is 4.79 Å². The van der Waals surface area contributed by atoms with Crippen LogP contribution in [-0.2, 0) is 30.3 Å². The molecule has 2 aliphatic carbocycles. The first kappa shape index (κ1) is 24.7. The summed E-state index contributed by atoms with van der Waals surface area (Å²) in [6.45, 7) is 3.34. The summed E-state index contributed by atoms with van der Waals surface area (Å²) in [5.74, 6) is -1.97. The van der Waals surface area contributed by atoms with Gasteiger partial charge in [-0.3, -0.25) is 19.3 Å². The van der Waals surface area contributed by atoms with E-state index in [1.807, 2.05) is 56.3 Å². The Morgan fingerprint density at radius 3 is 2.19 bits per heavy atom. The van der Waals surface area contributed by atoms with Gasteiger partial charge in [0.2, 0.25) is 11.8 Å². The topological polar surface area (TPSA) is 92.8 Å². The van der Waals surface area contributed by atoms with Crippen LogP contribution in [0.3, 0.4) is 0 Å². The van der Waals surface area contributed by atoms with Gasteiger partial charge in [-0.2, -0.15) is 0 Å². The largest absolute Gasteiger partial charge is 0.454 e. The number of esters is 1. The summed E-state index contributed by atoms with van der Waals surface area (Å²) in [6, 6.07) is 11.8. The summed E-state index contributed by atoms with van der Waals surface area (Å²) in [4.78, 5) is 53.8. The standard InChI is InChI=1S/C28H29BrN2O5/c1-15-10-20(11-16(2)25(15)29)30-22(32)14-36-28(35)21(12-17-6-4-3-5-7-17)31-26(33)23-18-8-9-19(13-18)24(23)27(31)34/h3-7,10-11,18-19,21,23-24H,8-9,12-14H2,1-2H3,(H,30,32)/t18-,19-,21-,23+,24+/m0/s1. The van der Waals surface area contributed by atoms with Gasteiger partial charge in [0.1, 0.15) is 6.04 Å². The Bertz CT molecular complexity index is 1180. The third-order valence-corrected chi connectivity index (χ3v) is 9.13. The molecular formula is C28H29BrN2O5. The zero-order valence-electron chi connectivity index (χ0n) is 20.3. The Morgan fingerprint density at radius 2 is 1.61 bits per heavy atom. The van der Waals surface area contributed by atoms with Gasteiger partial charge in [-0.15, -0.1) is 0 Å². The van der Waals surface area contributed by atoms with Crippen molar-refractivity contribution < 1.29 is 23.9 Å². The van der Waals surface area contributed by atoms with Gasteiger partial charge < -0.3 is 10.1 Å². The molecule has 36 heavy (non-hydrogen) atoms. The van der Waals surface area contributed by atoms with E-state index in [0.29, 0.717) is 5.69 Å². The molecule has 0 unspecified atom stereocenters. The lowest BCUT2D eigenvalue weighted by molar-refractivity contribution is -0.160. The predicted molar refractivity (Wildman–Crippen MR) is 137 cm³/mol. The van der Waals surface area contributed by atoms with Crippen LogP contribution in [0.15, 0.2) is 46.9 Å².